The van der Waals surface area contributed by atoms with E-state index in [2.05, 4.69) is 51.4 Å². The van der Waals surface area contributed by atoms with Crippen molar-refractivity contribution < 1.29 is 14.7 Å². The number of azo groups is 1. The number of aliphatic carboxylic acids is 1. The minimum Gasteiger partial charge on any atom is -0.481 e. The Morgan fingerprint density at radius 1 is 1.29 bits per heavy atom. The number of aromatic nitrogens is 2. The summed E-state index contributed by atoms with van der Waals surface area (Å²) in [5, 5.41) is 28.1. The van der Waals surface area contributed by atoms with Crippen LogP contribution in [-0.4, -0.2) is 45.5 Å². The molecule has 0 spiro atoms. The number of carbonyl (C=O) groups is 2. The first kappa shape index (κ1) is 24.7. The fourth-order valence-corrected chi connectivity index (χ4v) is 4.14. The van der Waals surface area contributed by atoms with Crippen molar-refractivity contribution in [3.8, 4) is 0 Å². The SMILES string of the molecule is CCCCN(c1ccc(N=Nc2nnc(SCC(=O)O)s2)c(NC(C)=O)c1)C(C)CC. The molecule has 1 amide bonds. The number of carboxylic acid groups (broad SMARTS) is 1. The summed E-state index contributed by atoms with van der Waals surface area (Å²) < 4.78 is 0.508. The first-order chi connectivity index (χ1) is 14.8. The molecule has 2 aromatic rings. The van der Waals surface area contributed by atoms with Crippen LogP contribution in [-0.2, 0) is 9.59 Å². The summed E-state index contributed by atoms with van der Waals surface area (Å²) in [6.07, 6.45) is 3.20. The number of thioether (sulfide) groups is 1. The van der Waals surface area contributed by atoms with Crippen LogP contribution >= 0.6 is 23.1 Å². The van der Waals surface area contributed by atoms with Gasteiger partial charge in [-0.3, -0.25) is 9.59 Å². The highest BCUT2D eigenvalue weighted by Gasteiger charge is 2.15. The molecule has 11 heteroatoms. The van der Waals surface area contributed by atoms with Crippen LogP contribution in [0.4, 0.5) is 22.2 Å². The second kappa shape index (κ2) is 12.4. The van der Waals surface area contributed by atoms with E-state index in [1.54, 1.807) is 0 Å². The van der Waals surface area contributed by atoms with Crippen LogP contribution in [0.3, 0.4) is 0 Å². The van der Waals surface area contributed by atoms with E-state index in [4.69, 9.17) is 5.11 Å². The summed E-state index contributed by atoms with van der Waals surface area (Å²) in [6, 6.07) is 6.10. The number of carboxylic acids is 1. The van der Waals surface area contributed by atoms with E-state index in [0.29, 0.717) is 26.9 Å². The number of benzene rings is 1. The highest BCUT2D eigenvalue weighted by Crippen LogP contribution is 2.34. The molecule has 0 aliphatic heterocycles. The summed E-state index contributed by atoms with van der Waals surface area (Å²) in [4.78, 5) is 24.8. The first-order valence-corrected chi connectivity index (χ1v) is 11.9. The Balaban J connectivity index is 2.27. The minimum absolute atomic E-state index is 0.0926. The number of anilines is 2. The minimum atomic E-state index is -0.922. The molecule has 1 unspecified atom stereocenters. The van der Waals surface area contributed by atoms with Gasteiger partial charge in [-0.05, 0) is 38.0 Å². The Labute approximate surface area is 190 Å². The number of hydrogen-bond donors (Lipinski definition) is 2. The normalized spacial score (nSPS) is 12.1. The topological polar surface area (TPSA) is 120 Å². The van der Waals surface area contributed by atoms with Gasteiger partial charge in [0.1, 0.15) is 5.69 Å². The Hall–Kier alpha value is -2.53. The van der Waals surface area contributed by atoms with Crippen LogP contribution in [0.25, 0.3) is 0 Å². The van der Waals surface area contributed by atoms with Crippen LogP contribution in [0.5, 0.6) is 0 Å². The van der Waals surface area contributed by atoms with Crippen molar-refractivity contribution in [2.45, 2.75) is 57.3 Å². The second-order valence-corrected chi connectivity index (χ2v) is 9.10. The lowest BCUT2D eigenvalue weighted by atomic mass is 10.1. The molecule has 9 nitrogen and oxygen atoms in total. The Morgan fingerprint density at radius 3 is 2.71 bits per heavy atom. The third-order valence-electron chi connectivity index (χ3n) is 4.46. The van der Waals surface area contributed by atoms with E-state index in [1.165, 1.54) is 6.92 Å². The van der Waals surface area contributed by atoms with Crippen molar-refractivity contribution in [2.75, 3.05) is 22.5 Å². The number of hydrogen-bond acceptors (Lipinski definition) is 9. The maximum absolute atomic E-state index is 11.7. The number of nitrogens with one attached hydrogen (secondary N) is 1. The van der Waals surface area contributed by atoms with Gasteiger partial charge in [-0.15, -0.1) is 20.4 Å². The zero-order valence-corrected chi connectivity index (χ0v) is 19.8. The summed E-state index contributed by atoms with van der Waals surface area (Å²) in [5.41, 5.74) is 2.10. The highest BCUT2D eigenvalue weighted by molar-refractivity contribution is 8.01. The van der Waals surface area contributed by atoms with Gasteiger partial charge in [0, 0.05) is 25.2 Å². The molecular weight excluding hydrogens is 436 g/mol. The molecule has 1 atom stereocenters. The number of unbranched alkanes of at least 4 members (excludes halogenated alkanes) is 1. The van der Waals surface area contributed by atoms with Gasteiger partial charge >= 0.3 is 5.97 Å². The molecule has 0 radical (unpaired) electrons. The Morgan fingerprint density at radius 2 is 2.06 bits per heavy atom. The fraction of sp³-hybridized carbons (Fsp3) is 0.500. The van der Waals surface area contributed by atoms with Gasteiger partial charge in [0.15, 0.2) is 4.34 Å². The van der Waals surface area contributed by atoms with Crippen molar-refractivity contribution in [2.24, 2.45) is 10.2 Å². The van der Waals surface area contributed by atoms with Gasteiger partial charge in [-0.1, -0.05) is 43.4 Å². The molecule has 0 aliphatic carbocycles. The van der Waals surface area contributed by atoms with E-state index in [0.717, 1.165) is 54.6 Å². The third-order valence-corrected chi connectivity index (χ3v) is 6.38. The molecule has 31 heavy (non-hydrogen) atoms. The smallest absolute Gasteiger partial charge is 0.313 e. The Bertz CT molecular complexity index is 918. The highest BCUT2D eigenvalue weighted by atomic mass is 32.2. The van der Waals surface area contributed by atoms with Crippen LogP contribution in [0.15, 0.2) is 32.8 Å². The van der Waals surface area contributed by atoms with Crippen molar-refractivity contribution >= 4 is 57.2 Å². The predicted molar refractivity (Wildman–Crippen MR) is 125 cm³/mol. The number of nitrogens with zero attached hydrogens (tertiary/aromatic N) is 5. The quantitative estimate of drug-likeness (QED) is 0.314. The van der Waals surface area contributed by atoms with E-state index >= 15 is 0 Å². The lowest BCUT2D eigenvalue weighted by Gasteiger charge is -2.31. The van der Waals surface area contributed by atoms with Crippen molar-refractivity contribution in [3.05, 3.63) is 18.2 Å². The largest absolute Gasteiger partial charge is 0.481 e. The van der Waals surface area contributed by atoms with E-state index < -0.39 is 5.97 Å². The van der Waals surface area contributed by atoms with E-state index in [9.17, 15) is 9.59 Å². The van der Waals surface area contributed by atoms with Crippen LogP contribution in [0, 0.1) is 0 Å². The van der Waals surface area contributed by atoms with Crippen molar-refractivity contribution in [1.29, 1.82) is 0 Å². The third kappa shape index (κ3) is 7.91. The summed E-state index contributed by atoms with van der Waals surface area (Å²) in [7, 11) is 0. The van der Waals surface area contributed by atoms with Gasteiger partial charge in [-0.25, -0.2) is 0 Å². The van der Waals surface area contributed by atoms with Crippen molar-refractivity contribution in [3.63, 3.8) is 0 Å². The van der Waals surface area contributed by atoms with Gasteiger partial charge < -0.3 is 15.3 Å². The lowest BCUT2D eigenvalue weighted by Crippen LogP contribution is -2.33. The summed E-state index contributed by atoms with van der Waals surface area (Å²) >= 11 is 2.24. The predicted octanol–water partition coefficient (Wildman–Crippen LogP) is 5.49. The van der Waals surface area contributed by atoms with Crippen LogP contribution in [0.1, 0.15) is 47.0 Å². The molecule has 0 aliphatic rings. The summed E-state index contributed by atoms with van der Waals surface area (Å²) in [6.45, 7) is 8.91. The molecular formula is C20H28N6O3S2. The molecule has 168 valence electrons. The maximum atomic E-state index is 11.7. The van der Waals surface area contributed by atoms with Gasteiger partial charge in [0.2, 0.25) is 5.91 Å². The zero-order valence-electron chi connectivity index (χ0n) is 18.2. The number of rotatable bonds is 12. The molecule has 0 bridgehead atoms. The molecule has 0 saturated carbocycles. The first-order valence-electron chi connectivity index (χ1n) is 10.1. The monoisotopic (exact) mass is 464 g/mol. The molecule has 0 fully saturated rings. The second-order valence-electron chi connectivity index (χ2n) is 6.92. The average Bonchev–Trinajstić information content (AvgIpc) is 3.19. The average molecular weight is 465 g/mol. The van der Waals surface area contributed by atoms with Gasteiger partial charge in [0.05, 0.1) is 11.4 Å². The van der Waals surface area contributed by atoms with Gasteiger partial charge in [0.25, 0.3) is 5.13 Å². The van der Waals surface area contributed by atoms with Crippen LogP contribution in [0.2, 0.25) is 0 Å². The van der Waals surface area contributed by atoms with Crippen molar-refractivity contribution in [1.82, 2.24) is 10.2 Å². The lowest BCUT2D eigenvalue weighted by molar-refractivity contribution is -0.133. The number of carbonyl (C=O) groups excluding carboxylic acids is 1. The van der Waals surface area contributed by atoms with E-state index in [1.807, 2.05) is 18.2 Å². The molecule has 0 saturated heterocycles. The molecule has 1 aromatic carbocycles. The van der Waals surface area contributed by atoms with E-state index in [-0.39, 0.29) is 11.7 Å². The Kier molecular flexibility index (Phi) is 9.86. The molecule has 2 N–H and O–H groups in total. The molecule has 1 aromatic heterocycles. The zero-order chi connectivity index (χ0) is 22.8. The summed E-state index contributed by atoms with van der Waals surface area (Å²) in [5.74, 6) is -1.21. The van der Waals surface area contributed by atoms with Gasteiger partial charge in [-0.2, -0.15) is 0 Å². The molecule has 1 heterocycles. The standard InChI is InChI=1S/C20H28N6O3S2/c1-5-7-10-26(13(3)6-2)15-8-9-16(17(11-15)21-14(4)27)22-23-19-24-25-20(31-19)30-12-18(28)29/h8-9,11,13H,5-7,10,12H2,1-4H3,(H,21,27)(H,28,29). The van der Waals surface area contributed by atoms with Crippen LogP contribution < -0.4 is 10.2 Å². The maximum Gasteiger partial charge on any atom is 0.313 e. The number of amides is 1. The fourth-order valence-electron chi connectivity index (χ4n) is 2.75. The molecule has 2 rings (SSSR count).